The van der Waals surface area contributed by atoms with Crippen LogP contribution in [0.15, 0.2) is 66.0 Å². The number of aryl methyl sites for hydroxylation is 1. The van der Waals surface area contributed by atoms with Crippen molar-refractivity contribution in [2.75, 3.05) is 41.9 Å². The van der Waals surface area contributed by atoms with E-state index in [1.165, 1.54) is 0 Å². The number of aromatic nitrogens is 3. The van der Waals surface area contributed by atoms with E-state index in [9.17, 15) is 9.50 Å². The zero-order valence-electron chi connectivity index (χ0n) is 20.5. The van der Waals surface area contributed by atoms with E-state index in [0.717, 1.165) is 34.3 Å². The molecule has 1 saturated heterocycles. The summed E-state index contributed by atoms with van der Waals surface area (Å²) in [7, 11) is 0. The van der Waals surface area contributed by atoms with Crippen LogP contribution in [0.3, 0.4) is 0 Å². The number of anilines is 4. The van der Waals surface area contributed by atoms with E-state index in [1.807, 2.05) is 42.2 Å². The summed E-state index contributed by atoms with van der Waals surface area (Å²) in [5.74, 6) is 0.104. The highest BCUT2D eigenvalue weighted by Crippen LogP contribution is 2.33. The lowest BCUT2D eigenvalue weighted by Gasteiger charge is -2.27. The van der Waals surface area contributed by atoms with Crippen molar-refractivity contribution in [2.45, 2.75) is 6.92 Å². The molecule has 0 unspecified atom stereocenters. The molecule has 5 rings (SSSR count). The number of nitrogens with one attached hydrogen (secondary N) is 2. The second-order valence-electron chi connectivity index (χ2n) is 8.63. The summed E-state index contributed by atoms with van der Waals surface area (Å²) < 4.78 is 19.5. The average Bonchev–Trinajstić information content (AvgIpc) is 2.92. The first-order valence-corrected chi connectivity index (χ1v) is 12.3. The maximum atomic E-state index is 14.2. The highest BCUT2D eigenvalue weighted by Gasteiger charge is 2.17. The molecule has 4 aromatic rings. The zero-order chi connectivity index (χ0) is 26.5. The molecule has 1 aliphatic heterocycles. The van der Waals surface area contributed by atoms with Gasteiger partial charge in [-0.25, -0.2) is 14.8 Å². The van der Waals surface area contributed by atoms with E-state index in [2.05, 4.69) is 30.8 Å². The highest BCUT2D eigenvalue weighted by atomic mass is 35.5. The van der Waals surface area contributed by atoms with Crippen LogP contribution in [-0.2, 0) is 4.74 Å². The van der Waals surface area contributed by atoms with E-state index in [4.69, 9.17) is 16.3 Å². The Labute approximate surface area is 224 Å². The number of aromatic hydroxyl groups is 1. The minimum Gasteiger partial charge on any atom is -0.508 e. The molecule has 194 valence electrons. The number of ether oxygens (including phenoxy) is 1. The Morgan fingerprint density at radius 1 is 1.11 bits per heavy atom. The fourth-order valence-electron chi connectivity index (χ4n) is 4.00. The molecule has 3 N–H and O–H groups in total. The van der Waals surface area contributed by atoms with Crippen molar-refractivity contribution < 1.29 is 14.2 Å². The molecule has 0 spiro atoms. The molecular formula is C27H25ClFN7O2. The van der Waals surface area contributed by atoms with Gasteiger partial charge in [0.25, 0.3) is 0 Å². The predicted octanol–water partition coefficient (Wildman–Crippen LogP) is 5.37. The fraction of sp³-hybridized carbons (Fsp3) is 0.185. The SMILES string of the molecule is Cc1cc(/C=N/Nc2ncc(F)c(N3CCOCC3)n2)ncc1Nc1ccc(-c2cccc(O)c2)c(Cl)c1. The monoisotopic (exact) mass is 533 g/mol. The average molecular weight is 534 g/mol. The summed E-state index contributed by atoms with van der Waals surface area (Å²) in [6, 6.07) is 14.5. The summed E-state index contributed by atoms with van der Waals surface area (Å²) in [6.07, 6.45) is 4.37. The number of halogens is 2. The Bertz CT molecular complexity index is 1480. The Balaban J connectivity index is 1.24. The molecule has 2 aromatic carbocycles. The molecule has 0 radical (unpaired) electrons. The number of hydrazone groups is 1. The largest absolute Gasteiger partial charge is 0.508 e. The number of phenolic OH excluding ortho intramolecular Hbond substituents is 1. The zero-order valence-corrected chi connectivity index (χ0v) is 21.3. The van der Waals surface area contributed by atoms with Crippen molar-refractivity contribution in [3.05, 3.63) is 83.0 Å². The first-order chi connectivity index (χ1) is 18.5. The molecule has 0 saturated carbocycles. The molecule has 0 amide bonds. The number of rotatable bonds is 7. The molecule has 0 atom stereocenters. The third-order valence-corrected chi connectivity index (χ3v) is 6.25. The molecule has 38 heavy (non-hydrogen) atoms. The van der Waals surface area contributed by atoms with Crippen molar-refractivity contribution >= 4 is 41.0 Å². The molecule has 3 heterocycles. The van der Waals surface area contributed by atoms with Crippen LogP contribution in [0.1, 0.15) is 11.3 Å². The molecule has 0 bridgehead atoms. The molecule has 0 aliphatic carbocycles. The van der Waals surface area contributed by atoms with Gasteiger partial charge in [-0.1, -0.05) is 29.8 Å². The number of nitrogens with zero attached hydrogens (tertiary/aromatic N) is 5. The van der Waals surface area contributed by atoms with Gasteiger partial charge in [0.05, 0.1) is 48.2 Å². The number of pyridine rings is 1. The smallest absolute Gasteiger partial charge is 0.245 e. The fourth-order valence-corrected chi connectivity index (χ4v) is 4.29. The third kappa shape index (κ3) is 5.99. The van der Waals surface area contributed by atoms with Crippen LogP contribution < -0.4 is 15.6 Å². The van der Waals surface area contributed by atoms with Gasteiger partial charge in [0.2, 0.25) is 5.95 Å². The maximum absolute atomic E-state index is 14.2. The Morgan fingerprint density at radius 2 is 1.95 bits per heavy atom. The second kappa shape index (κ2) is 11.4. The number of phenols is 1. The van der Waals surface area contributed by atoms with Gasteiger partial charge in [0, 0.05) is 24.3 Å². The number of hydrogen-bond acceptors (Lipinski definition) is 9. The Hall–Kier alpha value is -4.28. The van der Waals surface area contributed by atoms with Gasteiger partial charge in [0.1, 0.15) is 5.75 Å². The van der Waals surface area contributed by atoms with Gasteiger partial charge >= 0.3 is 0 Å². The minimum atomic E-state index is -0.489. The third-order valence-electron chi connectivity index (χ3n) is 5.93. The predicted molar refractivity (Wildman–Crippen MR) is 147 cm³/mol. The van der Waals surface area contributed by atoms with Crippen LogP contribution in [0.25, 0.3) is 11.1 Å². The van der Waals surface area contributed by atoms with Crippen molar-refractivity contribution in [1.29, 1.82) is 0 Å². The summed E-state index contributed by atoms with van der Waals surface area (Å²) in [4.78, 5) is 14.5. The van der Waals surface area contributed by atoms with Crippen molar-refractivity contribution in [1.82, 2.24) is 15.0 Å². The normalized spacial score (nSPS) is 13.6. The Morgan fingerprint density at radius 3 is 2.71 bits per heavy atom. The van der Waals surface area contributed by atoms with Crippen LogP contribution in [0.5, 0.6) is 5.75 Å². The molecular weight excluding hydrogens is 509 g/mol. The lowest BCUT2D eigenvalue weighted by Crippen LogP contribution is -2.37. The van der Waals surface area contributed by atoms with Gasteiger partial charge in [-0.05, 0) is 48.4 Å². The number of hydrogen-bond donors (Lipinski definition) is 3. The molecule has 2 aromatic heterocycles. The summed E-state index contributed by atoms with van der Waals surface area (Å²) in [5, 5.41) is 17.8. The van der Waals surface area contributed by atoms with Crippen molar-refractivity contribution in [2.24, 2.45) is 5.10 Å². The maximum Gasteiger partial charge on any atom is 0.245 e. The van der Waals surface area contributed by atoms with E-state index < -0.39 is 5.82 Å². The van der Waals surface area contributed by atoms with Gasteiger partial charge in [0.15, 0.2) is 11.6 Å². The van der Waals surface area contributed by atoms with Crippen LogP contribution in [0.4, 0.5) is 27.5 Å². The molecule has 1 aliphatic rings. The second-order valence-corrected chi connectivity index (χ2v) is 9.04. The van der Waals surface area contributed by atoms with Crippen molar-refractivity contribution in [3.63, 3.8) is 0 Å². The minimum absolute atomic E-state index is 0.184. The summed E-state index contributed by atoms with van der Waals surface area (Å²) in [6.45, 7) is 4.13. The van der Waals surface area contributed by atoms with E-state index in [0.29, 0.717) is 37.0 Å². The van der Waals surface area contributed by atoms with Crippen LogP contribution in [0.2, 0.25) is 5.02 Å². The van der Waals surface area contributed by atoms with E-state index in [-0.39, 0.29) is 17.5 Å². The molecule has 11 heteroatoms. The first-order valence-electron chi connectivity index (χ1n) is 11.9. The van der Waals surface area contributed by atoms with Gasteiger partial charge in [-0.2, -0.15) is 10.1 Å². The first kappa shape index (κ1) is 25.4. The van der Waals surface area contributed by atoms with Crippen molar-refractivity contribution in [3.8, 4) is 16.9 Å². The molecule has 1 fully saturated rings. The van der Waals surface area contributed by atoms with Crippen LogP contribution in [-0.4, -0.2) is 52.6 Å². The summed E-state index contributed by atoms with van der Waals surface area (Å²) in [5.41, 5.74) is 7.58. The molecule has 9 nitrogen and oxygen atoms in total. The Kier molecular flexibility index (Phi) is 7.62. The van der Waals surface area contributed by atoms with E-state index >= 15 is 0 Å². The van der Waals surface area contributed by atoms with E-state index in [1.54, 1.807) is 30.6 Å². The highest BCUT2D eigenvalue weighted by molar-refractivity contribution is 6.33. The standard InChI is InChI=1S/C27H25ClFN7O2/c1-17-11-20(14-32-35-27-31-15-24(29)26(34-27)36-7-9-38-10-8-36)30-16-25(17)33-19-5-6-22(23(28)13-19)18-3-2-4-21(37)12-18/h2-6,11-16,33,37H,7-10H2,1H3,(H,31,34,35)/b32-14+. The van der Waals surface area contributed by atoms with Crippen LogP contribution in [0, 0.1) is 12.7 Å². The number of benzene rings is 2. The lowest BCUT2D eigenvalue weighted by atomic mass is 10.0. The number of morpholine rings is 1. The summed E-state index contributed by atoms with van der Waals surface area (Å²) >= 11 is 6.52. The van der Waals surface area contributed by atoms with Gasteiger partial charge in [-0.15, -0.1) is 0 Å². The van der Waals surface area contributed by atoms with Crippen LogP contribution >= 0.6 is 11.6 Å². The quantitative estimate of drug-likeness (QED) is 0.215. The van der Waals surface area contributed by atoms with Gasteiger partial charge in [-0.3, -0.25) is 4.98 Å². The topological polar surface area (TPSA) is 108 Å². The van der Waals surface area contributed by atoms with Gasteiger partial charge < -0.3 is 20.1 Å². The lowest BCUT2D eigenvalue weighted by molar-refractivity contribution is 0.122.